The van der Waals surface area contributed by atoms with Crippen LogP contribution in [-0.4, -0.2) is 5.84 Å². The largest absolute Gasteiger partial charge is 0.457 e. The molecule has 0 bridgehead atoms. The smallest absolute Gasteiger partial charge is 0.202 e. The molecule has 5 heteroatoms. The zero-order chi connectivity index (χ0) is 14.7. The van der Waals surface area contributed by atoms with E-state index in [0.29, 0.717) is 5.75 Å². The number of amidine groups is 1. The Hall–Kier alpha value is -2.79. The lowest BCUT2D eigenvalue weighted by molar-refractivity contribution is -0.288. The average Bonchev–Trinajstić information content (AvgIpc) is 2.82. The maximum Gasteiger partial charge on any atom is 0.202 e. The van der Waals surface area contributed by atoms with E-state index in [9.17, 15) is 0 Å². The molecule has 2 N–H and O–H groups in total. The SMILES string of the molecule is C=COOC1NC(=N)c2cc(Oc3ccccc3)ccc21. The molecule has 2 aromatic rings. The molecule has 21 heavy (non-hydrogen) atoms. The lowest BCUT2D eigenvalue weighted by Gasteiger charge is -2.10. The van der Waals surface area contributed by atoms with Gasteiger partial charge in [0, 0.05) is 11.1 Å². The molecule has 2 aromatic carbocycles. The van der Waals surface area contributed by atoms with E-state index in [1.165, 1.54) is 6.26 Å². The minimum absolute atomic E-state index is 0.265. The van der Waals surface area contributed by atoms with Crippen LogP contribution in [-0.2, 0) is 9.78 Å². The Morgan fingerprint density at radius 2 is 1.90 bits per heavy atom. The molecule has 3 rings (SSSR count). The molecule has 1 aliphatic heterocycles. The second kappa shape index (κ2) is 5.68. The van der Waals surface area contributed by atoms with Crippen molar-refractivity contribution in [1.29, 1.82) is 5.41 Å². The fourth-order valence-corrected chi connectivity index (χ4v) is 2.13. The standard InChI is InChI=1S/C16H14N2O3/c1-2-19-21-16-13-9-8-12(10-14(13)15(17)18-16)20-11-6-4-3-5-7-11/h2-10,16H,1H2,(H2,17,18). The summed E-state index contributed by atoms with van der Waals surface area (Å²) in [6, 6.07) is 15.0. The highest BCUT2D eigenvalue weighted by Gasteiger charge is 2.28. The van der Waals surface area contributed by atoms with Crippen molar-refractivity contribution in [2.75, 3.05) is 0 Å². The quantitative estimate of drug-likeness (QED) is 0.500. The van der Waals surface area contributed by atoms with Crippen molar-refractivity contribution < 1.29 is 14.5 Å². The van der Waals surface area contributed by atoms with Crippen LogP contribution in [0.1, 0.15) is 17.4 Å². The van der Waals surface area contributed by atoms with Crippen molar-refractivity contribution >= 4 is 5.84 Å². The molecule has 0 saturated carbocycles. The Morgan fingerprint density at radius 3 is 2.67 bits per heavy atom. The van der Waals surface area contributed by atoms with Gasteiger partial charge in [-0.15, -0.1) is 0 Å². The number of para-hydroxylation sites is 1. The zero-order valence-corrected chi connectivity index (χ0v) is 11.2. The number of fused-ring (bicyclic) bond motifs is 1. The molecule has 106 valence electrons. The van der Waals surface area contributed by atoms with Gasteiger partial charge in [-0.25, -0.2) is 0 Å². The fourth-order valence-electron chi connectivity index (χ4n) is 2.13. The Morgan fingerprint density at radius 1 is 1.10 bits per heavy atom. The lowest BCUT2D eigenvalue weighted by atomic mass is 10.1. The van der Waals surface area contributed by atoms with Crippen LogP contribution < -0.4 is 10.1 Å². The minimum atomic E-state index is -0.517. The number of hydrogen-bond acceptors (Lipinski definition) is 4. The van der Waals surface area contributed by atoms with Crippen LogP contribution in [0.3, 0.4) is 0 Å². The van der Waals surface area contributed by atoms with E-state index in [0.717, 1.165) is 16.9 Å². The molecular weight excluding hydrogens is 268 g/mol. The van der Waals surface area contributed by atoms with Crippen LogP contribution in [0.5, 0.6) is 11.5 Å². The fraction of sp³-hybridized carbons (Fsp3) is 0.0625. The third-order valence-corrected chi connectivity index (χ3v) is 3.05. The highest BCUT2D eigenvalue weighted by molar-refractivity contribution is 6.01. The Balaban J connectivity index is 1.83. The van der Waals surface area contributed by atoms with Crippen molar-refractivity contribution in [3.63, 3.8) is 0 Å². The summed E-state index contributed by atoms with van der Waals surface area (Å²) >= 11 is 0. The maximum atomic E-state index is 7.94. The minimum Gasteiger partial charge on any atom is -0.457 e. The summed E-state index contributed by atoms with van der Waals surface area (Å²) in [7, 11) is 0. The average molecular weight is 282 g/mol. The molecule has 0 spiro atoms. The summed E-state index contributed by atoms with van der Waals surface area (Å²) < 4.78 is 5.76. The van der Waals surface area contributed by atoms with Gasteiger partial charge in [0.15, 0.2) is 0 Å². The van der Waals surface area contributed by atoms with E-state index in [4.69, 9.17) is 19.9 Å². The summed E-state index contributed by atoms with van der Waals surface area (Å²) in [6.45, 7) is 3.41. The van der Waals surface area contributed by atoms with Gasteiger partial charge in [-0.2, -0.15) is 4.89 Å². The number of ether oxygens (including phenoxy) is 1. The molecule has 0 aromatic heterocycles. The summed E-state index contributed by atoms with van der Waals surface area (Å²) in [6.07, 6.45) is 0.673. The van der Waals surface area contributed by atoms with Gasteiger partial charge in [0.2, 0.25) is 6.23 Å². The number of benzene rings is 2. The second-order valence-corrected chi connectivity index (χ2v) is 4.42. The van der Waals surface area contributed by atoms with Crippen LogP contribution in [0.2, 0.25) is 0 Å². The predicted molar refractivity (Wildman–Crippen MR) is 78.0 cm³/mol. The van der Waals surface area contributed by atoms with Gasteiger partial charge < -0.3 is 14.9 Å². The molecule has 0 amide bonds. The van der Waals surface area contributed by atoms with Gasteiger partial charge in [-0.3, -0.25) is 5.41 Å². The van der Waals surface area contributed by atoms with E-state index >= 15 is 0 Å². The van der Waals surface area contributed by atoms with Crippen molar-refractivity contribution in [3.05, 3.63) is 72.5 Å². The van der Waals surface area contributed by atoms with E-state index in [2.05, 4.69) is 11.9 Å². The Bertz CT molecular complexity index is 670. The summed E-state index contributed by atoms with van der Waals surface area (Å²) in [5.41, 5.74) is 1.54. The molecular formula is C16H14N2O3. The Labute approximate surface area is 122 Å². The van der Waals surface area contributed by atoms with Crippen LogP contribution in [0.4, 0.5) is 0 Å². The highest BCUT2D eigenvalue weighted by Crippen LogP contribution is 2.31. The van der Waals surface area contributed by atoms with Crippen LogP contribution in [0.25, 0.3) is 0 Å². The van der Waals surface area contributed by atoms with Crippen LogP contribution >= 0.6 is 0 Å². The molecule has 1 heterocycles. The molecule has 5 nitrogen and oxygen atoms in total. The molecule has 1 atom stereocenters. The number of nitrogens with one attached hydrogen (secondary N) is 2. The third kappa shape index (κ3) is 2.73. The van der Waals surface area contributed by atoms with E-state index in [1.807, 2.05) is 42.5 Å². The molecule has 0 saturated heterocycles. The first-order valence-corrected chi connectivity index (χ1v) is 6.43. The number of rotatable bonds is 5. The lowest BCUT2D eigenvalue weighted by Crippen LogP contribution is -2.20. The summed E-state index contributed by atoms with van der Waals surface area (Å²) in [5, 5.41) is 10.8. The Kier molecular flexibility index (Phi) is 3.57. The van der Waals surface area contributed by atoms with Crippen LogP contribution in [0.15, 0.2) is 61.4 Å². The summed E-state index contributed by atoms with van der Waals surface area (Å²) in [5.74, 6) is 1.68. The van der Waals surface area contributed by atoms with Crippen molar-refractivity contribution in [2.45, 2.75) is 6.23 Å². The molecule has 1 unspecified atom stereocenters. The zero-order valence-electron chi connectivity index (χ0n) is 11.2. The van der Waals surface area contributed by atoms with Crippen molar-refractivity contribution in [1.82, 2.24) is 5.32 Å². The molecule has 0 aliphatic carbocycles. The third-order valence-electron chi connectivity index (χ3n) is 3.05. The van der Waals surface area contributed by atoms with Crippen molar-refractivity contribution in [3.8, 4) is 11.5 Å². The van der Waals surface area contributed by atoms with Crippen LogP contribution in [0, 0.1) is 5.41 Å². The highest BCUT2D eigenvalue weighted by atomic mass is 17.2. The molecule has 0 fully saturated rings. The van der Waals surface area contributed by atoms with Gasteiger partial charge in [-0.05, 0) is 30.3 Å². The van der Waals surface area contributed by atoms with E-state index in [-0.39, 0.29) is 5.84 Å². The van der Waals surface area contributed by atoms with Crippen molar-refractivity contribution in [2.24, 2.45) is 0 Å². The molecule has 1 aliphatic rings. The van der Waals surface area contributed by atoms with Gasteiger partial charge in [0.05, 0.1) is 0 Å². The van der Waals surface area contributed by atoms with E-state index in [1.54, 1.807) is 6.07 Å². The van der Waals surface area contributed by atoms with Gasteiger partial charge in [-0.1, -0.05) is 24.8 Å². The summed E-state index contributed by atoms with van der Waals surface area (Å²) in [4.78, 5) is 9.82. The predicted octanol–water partition coefficient (Wildman–Crippen LogP) is 3.50. The van der Waals surface area contributed by atoms with Gasteiger partial charge >= 0.3 is 0 Å². The number of hydrogen-bond donors (Lipinski definition) is 2. The van der Waals surface area contributed by atoms with Gasteiger partial charge in [0.1, 0.15) is 23.6 Å². The first kappa shape index (κ1) is 13.2. The second-order valence-electron chi connectivity index (χ2n) is 4.42. The first-order valence-electron chi connectivity index (χ1n) is 6.43. The normalized spacial score (nSPS) is 16.0. The topological polar surface area (TPSA) is 63.6 Å². The maximum absolute atomic E-state index is 7.94. The van der Waals surface area contributed by atoms with Gasteiger partial charge in [0.25, 0.3) is 0 Å². The first-order chi connectivity index (χ1) is 10.3. The monoisotopic (exact) mass is 282 g/mol. The van der Waals surface area contributed by atoms with E-state index < -0.39 is 6.23 Å². The molecule has 0 radical (unpaired) electrons.